The molecule has 76 heavy (non-hydrogen) atoms. The highest BCUT2D eigenvalue weighted by Crippen LogP contribution is 2.05. The molecule has 0 radical (unpaired) electrons. The van der Waals surface area contributed by atoms with Gasteiger partial charge in [0.05, 0.1) is 26.4 Å². The quantitative estimate of drug-likeness (QED) is 0.0475. The smallest absolute Gasteiger partial charge is 0.245 e. The zero-order chi connectivity index (χ0) is 56.0. The average molecular weight is 1060 g/mol. The summed E-state index contributed by atoms with van der Waals surface area (Å²) >= 11 is 0. The number of hydrogen-bond donors (Lipinski definition) is 8. The molecule has 0 unspecified atom stereocenters. The van der Waals surface area contributed by atoms with Gasteiger partial charge in [0, 0.05) is 81.8 Å². The molecule has 0 aliphatic carbocycles. The highest BCUT2D eigenvalue weighted by Gasteiger charge is 2.22. The van der Waals surface area contributed by atoms with Gasteiger partial charge in [-0.2, -0.15) is 0 Å². The van der Waals surface area contributed by atoms with Crippen molar-refractivity contribution in [3.05, 3.63) is 143 Å². The van der Waals surface area contributed by atoms with Gasteiger partial charge in [0.2, 0.25) is 47.3 Å². The van der Waals surface area contributed by atoms with Crippen molar-refractivity contribution in [1.82, 2.24) is 42.5 Å². The van der Waals surface area contributed by atoms with Gasteiger partial charge < -0.3 is 61.5 Å². The number of hydrogen-bond acceptors (Lipinski definition) is 12. The molecular weight excluding hydrogens is 977 g/mol. The molecule has 0 aliphatic rings. The lowest BCUT2D eigenvalue weighted by molar-refractivity contribution is -0.129. The van der Waals surface area contributed by atoms with E-state index in [0.717, 1.165) is 27.8 Å². The molecule has 4 aromatic carbocycles. The fourth-order valence-corrected chi connectivity index (χ4v) is 6.42. The molecule has 0 aliphatic heterocycles. The Labute approximate surface area is 448 Å². The predicted molar refractivity (Wildman–Crippen MR) is 292 cm³/mol. The molecule has 0 spiro atoms. The fraction of sp³-hybridized carbons (Fsp3) is 0.429. The molecule has 20 nitrogen and oxygen atoms in total. The zero-order valence-electron chi connectivity index (χ0n) is 45.0. The van der Waals surface area contributed by atoms with Crippen molar-refractivity contribution >= 4 is 47.3 Å². The van der Waals surface area contributed by atoms with Crippen LogP contribution in [-0.4, -0.2) is 126 Å². The second-order valence-corrected chi connectivity index (χ2v) is 16.9. The molecule has 8 amide bonds. The molecular formula is C56H82N8O12. The van der Waals surface area contributed by atoms with Crippen LogP contribution in [0.15, 0.2) is 109 Å². The molecule has 4 aromatic rings. The van der Waals surface area contributed by atoms with Crippen molar-refractivity contribution in [2.24, 2.45) is 0 Å². The van der Waals surface area contributed by atoms with Crippen molar-refractivity contribution in [2.45, 2.75) is 106 Å². The van der Waals surface area contributed by atoms with Crippen LogP contribution in [0, 0.1) is 13.8 Å². The standard InChI is InChI=1S/3C14H20N2O3.C13H18N2O3.CH4/c1-10-4-6-12(7-5-10)8-15-14(18)13(9-19-3)16-11(2)17;1-10-5-4-6-12(7-10)8-15-14(18)13(9-19-3)16-11(2)17;1-3-19-10-13(16-11(2)17)14(18)15-9-12-7-5-4-6-8-12;1-10(16)15-12(9-18-2)13(17)14-8-11-6-4-3-5-7-11;/h2*4-7,13H,8-9H2,1-3H3,(H,15,18)(H,16,17);4-8,13H,3,9-10H2,1-2H3,(H,15,18)(H,16,17);3-7,12H,8-9H2,1-2H3,(H,14,17)(H,15,16);1H4/t3*13-;12-;/m1111./s1. The highest BCUT2D eigenvalue weighted by molar-refractivity contribution is 5.89. The Morgan fingerprint density at radius 1 is 0.395 bits per heavy atom. The lowest BCUT2D eigenvalue weighted by atomic mass is 10.1. The van der Waals surface area contributed by atoms with Gasteiger partial charge in [0.1, 0.15) is 24.2 Å². The minimum absolute atomic E-state index is 0. The topological polar surface area (TPSA) is 270 Å². The zero-order valence-corrected chi connectivity index (χ0v) is 45.0. The van der Waals surface area contributed by atoms with E-state index >= 15 is 0 Å². The average Bonchev–Trinajstić information content (AvgIpc) is 3.38. The van der Waals surface area contributed by atoms with Gasteiger partial charge in [0.15, 0.2) is 0 Å². The molecule has 0 bridgehead atoms. The van der Waals surface area contributed by atoms with Crippen molar-refractivity contribution in [3.63, 3.8) is 0 Å². The summed E-state index contributed by atoms with van der Waals surface area (Å²) in [5.74, 6) is -2.02. The SMILES string of the molecule is C.CCOC[C@@H](NC(C)=O)C(=O)NCc1ccccc1.COC[C@@H](NC(C)=O)C(=O)NCc1ccc(C)cc1.COC[C@@H](NC(C)=O)C(=O)NCc1cccc(C)c1.COC[C@@H](NC(C)=O)C(=O)NCc1ccccc1. The Morgan fingerprint density at radius 2 is 0.697 bits per heavy atom. The van der Waals surface area contributed by atoms with Crippen molar-refractivity contribution in [1.29, 1.82) is 0 Å². The van der Waals surface area contributed by atoms with Gasteiger partial charge in [-0.15, -0.1) is 0 Å². The Kier molecular flexibility index (Phi) is 36.8. The van der Waals surface area contributed by atoms with E-state index in [1.165, 1.54) is 54.6 Å². The number of nitrogens with one attached hydrogen (secondary N) is 8. The molecule has 0 aromatic heterocycles. The number of methoxy groups -OCH3 is 3. The maximum absolute atomic E-state index is 12.0. The molecule has 0 fully saturated rings. The summed E-state index contributed by atoms with van der Waals surface area (Å²) in [7, 11) is 4.46. The number of amides is 8. The van der Waals surface area contributed by atoms with Crippen molar-refractivity contribution < 1.29 is 57.3 Å². The van der Waals surface area contributed by atoms with E-state index in [1.54, 1.807) is 0 Å². The first-order chi connectivity index (χ1) is 35.8. The van der Waals surface area contributed by atoms with E-state index in [2.05, 4.69) is 42.5 Å². The molecule has 0 saturated carbocycles. The van der Waals surface area contributed by atoms with E-state index in [4.69, 9.17) is 18.9 Å². The van der Waals surface area contributed by atoms with E-state index < -0.39 is 24.2 Å². The number of ether oxygens (including phenoxy) is 4. The van der Waals surface area contributed by atoms with Crippen LogP contribution in [0.4, 0.5) is 0 Å². The van der Waals surface area contributed by atoms with Gasteiger partial charge in [-0.3, -0.25) is 38.4 Å². The van der Waals surface area contributed by atoms with Crippen molar-refractivity contribution in [3.8, 4) is 0 Å². The van der Waals surface area contributed by atoms with Crippen LogP contribution in [0.3, 0.4) is 0 Å². The first kappa shape index (κ1) is 68.5. The maximum atomic E-state index is 12.0. The third-order valence-electron chi connectivity index (χ3n) is 10.0. The Hall–Kier alpha value is -7.52. The lowest BCUT2D eigenvalue weighted by Crippen LogP contribution is -2.48. The summed E-state index contributed by atoms with van der Waals surface area (Å²) < 4.78 is 19.9. The van der Waals surface area contributed by atoms with Gasteiger partial charge in [-0.25, -0.2) is 0 Å². The number of aryl methyl sites for hydroxylation is 2. The van der Waals surface area contributed by atoms with Crippen LogP contribution >= 0.6 is 0 Å². The number of carbonyl (C=O) groups is 8. The van der Waals surface area contributed by atoms with E-state index in [9.17, 15) is 38.4 Å². The Balaban J connectivity index is 0.000000983. The van der Waals surface area contributed by atoms with Crippen LogP contribution in [-0.2, 0) is 83.5 Å². The number of rotatable bonds is 25. The van der Waals surface area contributed by atoms with E-state index in [-0.39, 0.29) is 81.1 Å². The summed E-state index contributed by atoms with van der Waals surface area (Å²) in [6, 6.07) is 32.3. The van der Waals surface area contributed by atoms with Crippen LogP contribution < -0.4 is 42.5 Å². The third-order valence-corrected chi connectivity index (χ3v) is 10.0. The molecule has 0 heterocycles. The number of benzene rings is 4. The van der Waals surface area contributed by atoms with E-state index in [0.29, 0.717) is 32.8 Å². The summed E-state index contributed by atoms with van der Waals surface area (Å²) in [4.78, 5) is 91.6. The summed E-state index contributed by atoms with van der Waals surface area (Å²) in [6.07, 6.45) is 0. The number of carbonyl (C=O) groups excluding carboxylic acids is 8. The summed E-state index contributed by atoms with van der Waals surface area (Å²) in [5.41, 5.74) is 6.36. The van der Waals surface area contributed by atoms with Gasteiger partial charge >= 0.3 is 0 Å². The lowest BCUT2D eigenvalue weighted by Gasteiger charge is -2.17. The Bertz CT molecular complexity index is 2320. The molecule has 0 saturated heterocycles. The van der Waals surface area contributed by atoms with Crippen LogP contribution in [0.2, 0.25) is 0 Å². The van der Waals surface area contributed by atoms with Gasteiger partial charge in [0.25, 0.3) is 0 Å². The Morgan fingerprint density at radius 3 is 1.00 bits per heavy atom. The molecule has 418 valence electrons. The summed E-state index contributed by atoms with van der Waals surface area (Å²) in [6.45, 7) is 14.2. The highest BCUT2D eigenvalue weighted by atomic mass is 16.5. The summed E-state index contributed by atoms with van der Waals surface area (Å²) in [5, 5.41) is 21.3. The largest absolute Gasteiger partial charge is 0.382 e. The van der Waals surface area contributed by atoms with Crippen LogP contribution in [0.1, 0.15) is 75.4 Å². The molecule has 8 N–H and O–H groups in total. The van der Waals surface area contributed by atoms with Gasteiger partial charge in [-0.05, 0) is 43.0 Å². The maximum Gasteiger partial charge on any atom is 0.245 e. The second kappa shape index (κ2) is 40.8. The normalized spacial score (nSPS) is 11.6. The van der Waals surface area contributed by atoms with Crippen LogP contribution in [0.5, 0.6) is 0 Å². The minimum Gasteiger partial charge on any atom is -0.382 e. The monoisotopic (exact) mass is 1060 g/mol. The first-order valence-electron chi connectivity index (χ1n) is 24.2. The fourth-order valence-electron chi connectivity index (χ4n) is 6.42. The molecule has 20 heteroatoms. The predicted octanol–water partition coefficient (Wildman–Crippen LogP) is 3.46. The minimum atomic E-state index is -0.660. The van der Waals surface area contributed by atoms with E-state index in [1.807, 2.05) is 130 Å². The molecule has 4 atom stereocenters. The third kappa shape index (κ3) is 32.6. The van der Waals surface area contributed by atoms with Crippen LogP contribution in [0.25, 0.3) is 0 Å². The van der Waals surface area contributed by atoms with Crippen molar-refractivity contribution in [2.75, 3.05) is 54.4 Å². The second-order valence-electron chi connectivity index (χ2n) is 16.9. The molecule has 4 rings (SSSR count). The van der Waals surface area contributed by atoms with Gasteiger partial charge in [-0.1, -0.05) is 128 Å². The first-order valence-corrected chi connectivity index (χ1v) is 24.2.